The van der Waals surface area contributed by atoms with Crippen LogP contribution in [-0.2, 0) is 7.05 Å². The van der Waals surface area contributed by atoms with E-state index in [1.54, 1.807) is 30.2 Å². The van der Waals surface area contributed by atoms with Gasteiger partial charge in [0.25, 0.3) is 5.91 Å². The fourth-order valence-electron chi connectivity index (χ4n) is 0.928. The molecule has 0 aliphatic carbocycles. The second-order valence-electron chi connectivity index (χ2n) is 2.74. The predicted molar refractivity (Wildman–Crippen MR) is 50.4 cm³/mol. The molecule has 0 saturated heterocycles. The highest BCUT2D eigenvalue weighted by Crippen LogP contribution is 1.95. The molecule has 1 aromatic rings. The van der Waals surface area contributed by atoms with E-state index in [1.165, 1.54) is 0 Å². The summed E-state index contributed by atoms with van der Waals surface area (Å²) in [5.41, 5.74) is 0.589. The molecule has 1 heterocycles. The van der Waals surface area contributed by atoms with Crippen molar-refractivity contribution in [1.29, 1.82) is 0 Å². The van der Waals surface area contributed by atoms with E-state index >= 15 is 0 Å². The zero-order chi connectivity index (χ0) is 9.68. The largest absolute Gasteiger partial charge is 0.352 e. The SMILES string of the molecule is C=CCCNC(=O)c1cnn(C)c1. The van der Waals surface area contributed by atoms with Crippen molar-refractivity contribution < 1.29 is 4.79 Å². The summed E-state index contributed by atoms with van der Waals surface area (Å²) in [6.45, 7) is 4.19. The molecule has 13 heavy (non-hydrogen) atoms. The first-order valence-corrected chi connectivity index (χ1v) is 4.12. The van der Waals surface area contributed by atoms with Crippen molar-refractivity contribution >= 4 is 5.91 Å². The van der Waals surface area contributed by atoms with Gasteiger partial charge in [-0.15, -0.1) is 6.58 Å². The molecule has 4 heteroatoms. The van der Waals surface area contributed by atoms with Gasteiger partial charge in [0.05, 0.1) is 11.8 Å². The summed E-state index contributed by atoms with van der Waals surface area (Å²) in [7, 11) is 1.78. The summed E-state index contributed by atoms with van der Waals surface area (Å²) in [5, 5.41) is 6.65. The second-order valence-corrected chi connectivity index (χ2v) is 2.74. The molecule has 0 aliphatic rings. The number of hydrogen-bond donors (Lipinski definition) is 1. The van der Waals surface area contributed by atoms with Crippen LogP contribution in [0.5, 0.6) is 0 Å². The molecule has 0 aliphatic heterocycles. The van der Waals surface area contributed by atoms with Crippen molar-refractivity contribution in [2.24, 2.45) is 7.05 Å². The quantitative estimate of drug-likeness (QED) is 0.547. The van der Waals surface area contributed by atoms with Crippen LogP contribution in [0, 0.1) is 0 Å². The highest BCUT2D eigenvalue weighted by atomic mass is 16.1. The molecule has 4 nitrogen and oxygen atoms in total. The minimum Gasteiger partial charge on any atom is -0.352 e. The number of rotatable bonds is 4. The van der Waals surface area contributed by atoms with Crippen molar-refractivity contribution in [2.45, 2.75) is 6.42 Å². The third kappa shape index (κ3) is 2.74. The molecule has 1 amide bonds. The van der Waals surface area contributed by atoms with Gasteiger partial charge in [-0.3, -0.25) is 9.48 Å². The molecule has 0 radical (unpaired) electrons. The number of hydrogen-bond acceptors (Lipinski definition) is 2. The summed E-state index contributed by atoms with van der Waals surface area (Å²) >= 11 is 0. The average molecular weight is 179 g/mol. The molecule has 0 fully saturated rings. The number of amides is 1. The summed E-state index contributed by atoms with van der Waals surface area (Å²) in [5.74, 6) is -0.0880. The lowest BCUT2D eigenvalue weighted by molar-refractivity contribution is 0.0954. The van der Waals surface area contributed by atoms with Crippen LogP contribution in [0.1, 0.15) is 16.8 Å². The smallest absolute Gasteiger partial charge is 0.254 e. The van der Waals surface area contributed by atoms with Gasteiger partial charge in [-0.1, -0.05) is 6.08 Å². The van der Waals surface area contributed by atoms with Gasteiger partial charge in [0.1, 0.15) is 0 Å². The Morgan fingerprint density at radius 1 is 1.85 bits per heavy atom. The van der Waals surface area contributed by atoms with Crippen LogP contribution in [0.25, 0.3) is 0 Å². The highest BCUT2D eigenvalue weighted by Gasteiger charge is 2.05. The lowest BCUT2D eigenvalue weighted by atomic mass is 10.3. The number of aryl methyl sites for hydroxylation is 1. The van der Waals surface area contributed by atoms with Crippen LogP contribution < -0.4 is 5.32 Å². The van der Waals surface area contributed by atoms with E-state index in [2.05, 4.69) is 17.0 Å². The molecule has 0 bridgehead atoms. The van der Waals surface area contributed by atoms with Crippen molar-refractivity contribution in [3.8, 4) is 0 Å². The van der Waals surface area contributed by atoms with Crippen LogP contribution in [0.15, 0.2) is 25.0 Å². The third-order valence-corrected chi connectivity index (χ3v) is 1.60. The molecule has 0 spiro atoms. The number of nitrogens with zero attached hydrogens (tertiary/aromatic N) is 2. The van der Waals surface area contributed by atoms with E-state index in [4.69, 9.17) is 0 Å². The summed E-state index contributed by atoms with van der Waals surface area (Å²) < 4.78 is 1.60. The number of carbonyl (C=O) groups excluding carboxylic acids is 1. The molecule has 0 atom stereocenters. The van der Waals surface area contributed by atoms with Gasteiger partial charge < -0.3 is 5.32 Å². The number of aromatic nitrogens is 2. The van der Waals surface area contributed by atoms with Gasteiger partial charge in [-0.2, -0.15) is 5.10 Å². The summed E-state index contributed by atoms with van der Waals surface area (Å²) in [6, 6.07) is 0. The highest BCUT2D eigenvalue weighted by molar-refractivity contribution is 5.93. The first-order valence-electron chi connectivity index (χ1n) is 4.12. The Labute approximate surface area is 77.3 Å². The van der Waals surface area contributed by atoms with Gasteiger partial charge in [-0.05, 0) is 6.42 Å². The van der Waals surface area contributed by atoms with E-state index in [-0.39, 0.29) is 5.91 Å². The molecule has 0 saturated carbocycles. The Balaban J connectivity index is 2.44. The van der Waals surface area contributed by atoms with Crippen LogP contribution in [0.3, 0.4) is 0 Å². The van der Waals surface area contributed by atoms with Crippen LogP contribution in [0.2, 0.25) is 0 Å². The monoisotopic (exact) mass is 179 g/mol. The number of carbonyl (C=O) groups is 1. The van der Waals surface area contributed by atoms with Crippen LogP contribution in [-0.4, -0.2) is 22.2 Å². The molecule has 0 unspecified atom stereocenters. The van der Waals surface area contributed by atoms with Crippen LogP contribution in [0.4, 0.5) is 0 Å². The maximum absolute atomic E-state index is 11.3. The van der Waals surface area contributed by atoms with Gasteiger partial charge >= 0.3 is 0 Å². The zero-order valence-corrected chi connectivity index (χ0v) is 7.66. The molecule has 1 rings (SSSR count). The van der Waals surface area contributed by atoms with E-state index in [9.17, 15) is 4.79 Å². The van der Waals surface area contributed by atoms with Gasteiger partial charge in [0.15, 0.2) is 0 Å². The minimum atomic E-state index is -0.0880. The van der Waals surface area contributed by atoms with E-state index < -0.39 is 0 Å². The van der Waals surface area contributed by atoms with E-state index in [0.717, 1.165) is 6.42 Å². The summed E-state index contributed by atoms with van der Waals surface area (Å²) in [6.07, 6.45) is 5.78. The topological polar surface area (TPSA) is 46.9 Å². The van der Waals surface area contributed by atoms with Gasteiger partial charge in [0.2, 0.25) is 0 Å². The number of nitrogens with one attached hydrogen (secondary N) is 1. The second kappa shape index (κ2) is 4.45. The van der Waals surface area contributed by atoms with Gasteiger partial charge in [0, 0.05) is 19.8 Å². The summed E-state index contributed by atoms with van der Waals surface area (Å²) in [4.78, 5) is 11.3. The Hall–Kier alpha value is -1.58. The fraction of sp³-hybridized carbons (Fsp3) is 0.333. The Morgan fingerprint density at radius 3 is 3.15 bits per heavy atom. The lowest BCUT2D eigenvalue weighted by Gasteiger charge is -1.99. The van der Waals surface area contributed by atoms with E-state index in [1.807, 2.05) is 0 Å². The normalized spacial score (nSPS) is 9.62. The van der Waals surface area contributed by atoms with Crippen molar-refractivity contribution in [1.82, 2.24) is 15.1 Å². The predicted octanol–water partition coefficient (Wildman–Crippen LogP) is 0.726. The van der Waals surface area contributed by atoms with Crippen molar-refractivity contribution in [3.05, 3.63) is 30.6 Å². The maximum atomic E-state index is 11.3. The van der Waals surface area contributed by atoms with E-state index in [0.29, 0.717) is 12.1 Å². The standard InChI is InChI=1S/C9H13N3O/c1-3-4-5-10-9(13)8-6-11-12(2)7-8/h3,6-7H,1,4-5H2,2H3,(H,10,13). The molecular formula is C9H13N3O. The third-order valence-electron chi connectivity index (χ3n) is 1.60. The molecule has 0 aromatic carbocycles. The zero-order valence-electron chi connectivity index (χ0n) is 7.66. The van der Waals surface area contributed by atoms with Gasteiger partial charge in [-0.25, -0.2) is 0 Å². The lowest BCUT2D eigenvalue weighted by Crippen LogP contribution is -2.23. The maximum Gasteiger partial charge on any atom is 0.254 e. The Morgan fingerprint density at radius 2 is 2.62 bits per heavy atom. The first-order chi connectivity index (χ1) is 6.24. The fourth-order valence-corrected chi connectivity index (χ4v) is 0.928. The Kier molecular flexibility index (Phi) is 3.25. The Bertz CT molecular complexity index is 304. The molecule has 70 valence electrons. The van der Waals surface area contributed by atoms with Crippen molar-refractivity contribution in [2.75, 3.05) is 6.54 Å². The molecule has 1 N–H and O–H groups in total. The van der Waals surface area contributed by atoms with Crippen molar-refractivity contribution in [3.63, 3.8) is 0 Å². The average Bonchev–Trinajstić information content (AvgIpc) is 2.52. The minimum absolute atomic E-state index is 0.0880. The first kappa shape index (κ1) is 9.51. The molecular weight excluding hydrogens is 166 g/mol. The van der Waals surface area contributed by atoms with Crippen LogP contribution >= 0.6 is 0 Å². The molecule has 1 aromatic heterocycles.